The number of unbranched alkanes of at least 4 members (excludes halogenated alkanes) is 4. The van der Waals surface area contributed by atoms with Gasteiger partial charge in [-0.2, -0.15) is 8.42 Å². The third kappa shape index (κ3) is 6.98. The minimum Gasteiger partial charge on any atom is -0.469 e. The second-order valence-corrected chi connectivity index (χ2v) is 8.78. The molecule has 144 valence electrons. The van der Waals surface area contributed by atoms with Crippen LogP contribution in [0.25, 0.3) is 0 Å². The van der Waals surface area contributed by atoms with Crippen LogP contribution in [0.5, 0.6) is 5.75 Å². The van der Waals surface area contributed by atoms with Crippen LogP contribution < -0.4 is 4.74 Å². The Kier molecular flexibility index (Phi) is 8.94. The molecule has 1 atom stereocenters. The first kappa shape index (κ1) is 22.0. The summed E-state index contributed by atoms with van der Waals surface area (Å²) < 4.78 is 38.7. The SMILES string of the molecule is CCCCCc1cc(CCCCC)cc(OC(C)(CC)S(=O)(=O)O)c1. The summed E-state index contributed by atoms with van der Waals surface area (Å²) in [6, 6.07) is 6.03. The summed E-state index contributed by atoms with van der Waals surface area (Å²) in [6.07, 6.45) is 8.99. The predicted octanol–water partition coefficient (Wildman–Crippen LogP) is 5.54. The molecule has 0 radical (unpaired) electrons. The first-order chi connectivity index (χ1) is 11.8. The van der Waals surface area contributed by atoms with Crippen LogP contribution in [0.3, 0.4) is 0 Å². The van der Waals surface area contributed by atoms with E-state index < -0.39 is 15.1 Å². The molecule has 0 aliphatic rings. The van der Waals surface area contributed by atoms with Gasteiger partial charge < -0.3 is 4.74 Å². The van der Waals surface area contributed by atoms with Gasteiger partial charge in [0.2, 0.25) is 4.93 Å². The molecule has 5 heteroatoms. The van der Waals surface area contributed by atoms with E-state index in [9.17, 15) is 13.0 Å². The van der Waals surface area contributed by atoms with Gasteiger partial charge in [-0.3, -0.25) is 4.55 Å². The molecule has 1 N–H and O–H groups in total. The molecule has 1 aromatic carbocycles. The molecule has 0 saturated heterocycles. The van der Waals surface area contributed by atoms with Crippen LogP contribution in [0.4, 0.5) is 0 Å². The van der Waals surface area contributed by atoms with Gasteiger partial charge in [-0.25, -0.2) is 0 Å². The van der Waals surface area contributed by atoms with Gasteiger partial charge in [0.1, 0.15) is 5.75 Å². The van der Waals surface area contributed by atoms with Gasteiger partial charge in [0, 0.05) is 6.42 Å². The Hall–Kier alpha value is -1.07. The monoisotopic (exact) mass is 370 g/mol. The minimum atomic E-state index is -4.30. The lowest BCUT2D eigenvalue weighted by atomic mass is 10.0. The Balaban J connectivity index is 3.05. The van der Waals surface area contributed by atoms with Crippen LogP contribution in [-0.4, -0.2) is 17.9 Å². The van der Waals surface area contributed by atoms with Crippen molar-refractivity contribution in [1.82, 2.24) is 0 Å². The minimum absolute atomic E-state index is 0.178. The van der Waals surface area contributed by atoms with Gasteiger partial charge in [-0.15, -0.1) is 0 Å². The normalized spacial score (nSPS) is 14.3. The molecule has 1 rings (SSSR count). The third-order valence-corrected chi connectivity index (χ3v) is 6.15. The maximum Gasteiger partial charge on any atom is 0.306 e. The summed E-state index contributed by atoms with van der Waals surface area (Å²) in [5.41, 5.74) is 2.34. The van der Waals surface area contributed by atoms with E-state index in [4.69, 9.17) is 4.74 Å². The van der Waals surface area contributed by atoms with Crippen LogP contribution in [0.1, 0.15) is 83.8 Å². The average Bonchev–Trinajstić information content (AvgIpc) is 2.54. The Labute approximate surface area is 153 Å². The van der Waals surface area contributed by atoms with Crippen molar-refractivity contribution in [2.45, 2.75) is 90.4 Å². The molecule has 0 aliphatic carbocycles. The number of aryl methyl sites for hydroxylation is 2. The molecule has 0 aromatic heterocycles. The lowest BCUT2D eigenvalue weighted by molar-refractivity contribution is 0.154. The van der Waals surface area contributed by atoms with Gasteiger partial charge >= 0.3 is 10.1 Å². The Morgan fingerprint density at radius 2 is 1.40 bits per heavy atom. The molecular weight excluding hydrogens is 336 g/mol. The largest absolute Gasteiger partial charge is 0.469 e. The first-order valence-electron chi connectivity index (χ1n) is 9.54. The standard InChI is InChI=1S/C20H34O4S/c1-5-8-10-12-17-14-18(13-11-9-6-2)16-19(15-17)24-20(4,7-3)25(21,22)23/h14-16H,5-13H2,1-4H3,(H,21,22,23). The van der Waals surface area contributed by atoms with Crippen molar-refractivity contribution in [2.24, 2.45) is 0 Å². The molecule has 0 saturated carbocycles. The van der Waals surface area contributed by atoms with E-state index >= 15 is 0 Å². The van der Waals surface area contributed by atoms with E-state index in [1.807, 2.05) is 12.1 Å². The Morgan fingerprint density at radius 3 is 1.76 bits per heavy atom. The molecule has 25 heavy (non-hydrogen) atoms. The number of hydrogen-bond acceptors (Lipinski definition) is 3. The van der Waals surface area contributed by atoms with Gasteiger partial charge in [0.25, 0.3) is 0 Å². The van der Waals surface area contributed by atoms with Gasteiger partial charge in [0.05, 0.1) is 0 Å². The summed E-state index contributed by atoms with van der Waals surface area (Å²) in [7, 11) is -4.30. The van der Waals surface area contributed by atoms with Crippen LogP contribution >= 0.6 is 0 Å². The fraction of sp³-hybridized carbons (Fsp3) is 0.700. The van der Waals surface area contributed by atoms with E-state index in [1.54, 1.807) is 6.92 Å². The van der Waals surface area contributed by atoms with Crippen LogP contribution in [-0.2, 0) is 23.0 Å². The number of benzene rings is 1. The van der Waals surface area contributed by atoms with Crippen molar-refractivity contribution < 1.29 is 17.7 Å². The van der Waals surface area contributed by atoms with E-state index in [0.29, 0.717) is 5.75 Å². The molecule has 0 spiro atoms. The summed E-state index contributed by atoms with van der Waals surface area (Å²) in [5.74, 6) is 0.530. The zero-order chi connectivity index (χ0) is 18.9. The molecule has 0 aliphatic heterocycles. The van der Waals surface area contributed by atoms with Crippen LogP contribution in [0, 0.1) is 0 Å². The Bertz CT molecular complexity index is 596. The van der Waals surface area contributed by atoms with Crippen molar-refractivity contribution in [2.75, 3.05) is 0 Å². The maximum absolute atomic E-state index is 11.7. The molecule has 0 amide bonds. The average molecular weight is 371 g/mol. The fourth-order valence-corrected chi connectivity index (χ4v) is 3.36. The summed E-state index contributed by atoms with van der Waals surface area (Å²) in [5, 5.41) is 0. The molecule has 1 aromatic rings. The van der Waals surface area contributed by atoms with E-state index in [0.717, 1.165) is 38.5 Å². The summed E-state index contributed by atoms with van der Waals surface area (Å²) in [6.45, 7) is 7.47. The zero-order valence-corrected chi connectivity index (χ0v) is 17.0. The van der Waals surface area contributed by atoms with E-state index in [1.165, 1.54) is 30.9 Å². The van der Waals surface area contributed by atoms with Gasteiger partial charge in [0.15, 0.2) is 0 Å². The molecular formula is C20H34O4S. The third-order valence-electron chi connectivity index (χ3n) is 4.69. The molecule has 0 heterocycles. The van der Waals surface area contributed by atoms with E-state index in [2.05, 4.69) is 19.9 Å². The molecule has 1 unspecified atom stereocenters. The highest BCUT2D eigenvalue weighted by Crippen LogP contribution is 2.28. The van der Waals surface area contributed by atoms with Crippen LogP contribution in [0.2, 0.25) is 0 Å². The zero-order valence-electron chi connectivity index (χ0n) is 16.2. The predicted molar refractivity (Wildman–Crippen MR) is 104 cm³/mol. The van der Waals surface area contributed by atoms with Crippen molar-refractivity contribution >= 4 is 10.1 Å². The highest BCUT2D eigenvalue weighted by molar-refractivity contribution is 7.87. The second-order valence-electron chi connectivity index (χ2n) is 6.96. The summed E-state index contributed by atoms with van der Waals surface area (Å²) in [4.78, 5) is -1.62. The molecule has 0 bridgehead atoms. The van der Waals surface area contributed by atoms with Crippen LogP contribution in [0.15, 0.2) is 18.2 Å². The molecule has 0 fully saturated rings. The van der Waals surface area contributed by atoms with Gasteiger partial charge in [-0.1, -0.05) is 52.5 Å². The Morgan fingerprint density at radius 1 is 0.920 bits per heavy atom. The van der Waals surface area contributed by atoms with Crippen molar-refractivity contribution in [3.05, 3.63) is 29.3 Å². The lowest BCUT2D eigenvalue weighted by Gasteiger charge is -2.26. The number of hydrogen-bond donors (Lipinski definition) is 1. The maximum atomic E-state index is 11.7. The number of rotatable bonds is 12. The fourth-order valence-electron chi connectivity index (χ4n) is 2.79. The molecule has 4 nitrogen and oxygen atoms in total. The number of ether oxygens (including phenoxy) is 1. The topological polar surface area (TPSA) is 63.6 Å². The highest BCUT2D eigenvalue weighted by atomic mass is 32.2. The quantitative estimate of drug-likeness (QED) is 0.387. The van der Waals surface area contributed by atoms with E-state index in [-0.39, 0.29) is 6.42 Å². The highest BCUT2D eigenvalue weighted by Gasteiger charge is 2.38. The smallest absolute Gasteiger partial charge is 0.306 e. The second kappa shape index (κ2) is 10.2. The summed E-state index contributed by atoms with van der Waals surface area (Å²) >= 11 is 0. The van der Waals surface area contributed by atoms with Crippen molar-refractivity contribution in [1.29, 1.82) is 0 Å². The van der Waals surface area contributed by atoms with Crippen molar-refractivity contribution in [3.8, 4) is 5.75 Å². The van der Waals surface area contributed by atoms with Crippen molar-refractivity contribution in [3.63, 3.8) is 0 Å². The first-order valence-corrected chi connectivity index (χ1v) is 11.0. The lowest BCUT2D eigenvalue weighted by Crippen LogP contribution is -2.40. The van der Waals surface area contributed by atoms with Gasteiger partial charge in [-0.05, 0) is 55.9 Å².